The molecule has 0 radical (unpaired) electrons. The molecule has 11 fully saturated rings. The van der Waals surface area contributed by atoms with Crippen LogP contribution in [0.1, 0.15) is 133 Å². The highest BCUT2D eigenvalue weighted by Gasteiger charge is 2.84. The van der Waals surface area contributed by atoms with Crippen LogP contribution in [0.15, 0.2) is 12.2 Å². The first-order valence-corrected chi connectivity index (χ1v) is 33.8. The standard InChI is InChI=1S/C65H104O30/c1-10-11-12-13-36(70)88-35-22-58(3,4)20-32-64-19-15-31-60(7)17-16-34(59(5,6)30(60)14-18-61(31,8)62(64,9)21-33(69)65(32,35)57(82)95-64)89-55-49(94-52-43(77)40(74)38(72)28(23-66)86-52)45(44(78)46(91-55)51(80)81)90-54-48(42(76)39(73)29(24-67)87-54)92-53-47(41(75)37(71)27(2)85-53)93-56-50(79)63(83,25-68)26-84-56/h12-13,27-35,37-50,52-57,66-69,71-79,82-83H,10-11,14-26H2,1-9H3,(H,80,81). The van der Waals surface area contributed by atoms with Gasteiger partial charge < -0.3 is 139 Å². The molecule has 0 amide bonds. The average Bonchev–Trinajstić information content (AvgIpc) is 1.55. The average molecular weight is 1370 g/mol. The van der Waals surface area contributed by atoms with Crippen LogP contribution in [-0.2, 0) is 66.4 Å². The quantitative estimate of drug-likeness (QED) is 0.0381. The van der Waals surface area contributed by atoms with E-state index in [1.807, 2.05) is 20.8 Å². The van der Waals surface area contributed by atoms with Gasteiger partial charge in [-0.2, -0.15) is 0 Å². The zero-order chi connectivity index (χ0) is 69.4. The summed E-state index contributed by atoms with van der Waals surface area (Å²) in [5, 5.41) is 180. The van der Waals surface area contributed by atoms with Gasteiger partial charge in [-0.3, -0.25) is 0 Å². The van der Waals surface area contributed by atoms with Gasteiger partial charge in [-0.15, -0.1) is 0 Å². The van der Waals surface area contributed by atoms with E-state index in [9.17, 15) is 91.3 Å². The highest BCUT2D eigenvalue weighted by atomic mass is 16.8. The number of fused-ring (bicyclic) bond motifs is 4. The van der Waals surface area contributed by atoms with E-state index in [2.05, 4.69) is 34.6 Å². The molecule has 16 N–H and O–H groups in total. The van der Waals surface area contributed by atoms with Gasteiger partial charge in [0.25, 0.3) is 0 Å². The number of aliphatic hydroxyl groups excluding tert-OH is 14. The van der Waals surface area contributed by atoms with Crippen LogP contribution in [0.2, 0.25) is 0 Å². The summed E-state index contributed by atoms with van der Waals surface area (Å²) < 4.78 is 74.9. The van der Waals surface area contributed by atoms with Crippen LogP contribution >= 0.6 is 0 Å². The summed E-state index contributed by atoms with van der Waals surface area (Å²) >= 11 is 0. The number of ether oxygens (including phenoxy) is 12. The first-order valence-electron chi connectivity index (χ1n) is 33.8. The zero-order valence-corrected chi connectivity index (χ0v) is 55.4. The SMILES string of the molecule is CCCC=CC(=O)OC1CC(C)(C)CC2C13C(O)CC1(C)C4(C)CCC5C(C)(C)C(OC6OC(C(=O)O)C(O)C(OC7OC(CO)C(O)C(O)C7OC7OC(C)C(O)C(O)C7OC7OCC(O)(CO)C7O)C6OC6OC(CO)C(O)C(O)C6O)CCC5(C)C4CCC21OC3O. The monoisotopic (exact) mass is 1360 g/mol. The highest BCUT2D eigenvalue weighted by molar-refractivity contribution is 5.82. The Labute approximate surface area is 551 Å². The van der Waals surface area contributed by atoms with Crippen LogP contribution in [0.25, 0.3) is 0 Å². The molecule has 1 spiro atoms. The Morgan fingerprint density at radius 3 is 1.80 bits per heavy atom. The number of carboxylic acid groups (broad SMARTS) is 1. The van der Waals surface area contributed by atoms with Gasteiger partial charge in [0.15, 0.2) is 43.8 Å². The molecule has 6 aliphatic heterocycles. The molecule has 11 aliphatic rings. The van der Waals surface area contributed by atoms with Gasteiger partial charge in [0.1, 0.15) is 103 Å². The van der Waals surface area contributed by atoms with E-state index in [1.165, 1.54) is 13.0 Å². The third-order valence-electron chi connectivity index (χ3n) is 25.4. The topological polar surface area (TPSA) is 469 Å². The lowest BCUT2D eigenvalue weighted by Gasteiger charge is -2.75. The molecule has 5 saturated carbocycles. The number of rotatable bonds is 18. The van der Waals surface area contributed by atoms with Crippen molar-refractivity contribution in [2.24, 2.45) is 50.2 Å². The summed E-state index contributed by atoms with van der Waals surface area (Å²) in [7, 11) is 0. The molecular weight excluding hydrogens is 1260 g/mol. The van der Waals surface area contributed by atoms with Crippen molar-refractivity contribution in [1.82, 2.24) is 0 Å². The molecule has 6 heterocycles. The number of unbranched alkanes of at least 4 members (excludes halogenated alkanes) is 1. The maximum absolute atomic E-state index is 13.5. The van der Waals surface area contributed by atoms with E-state index >= 15 is 0 Å². The van der Waals surface area contributed by atoms with Crippen LogP contribution in [0.5, 0.6) is 0 Å². The Hall–Kier alpha value is -2.36. The van der Waals surface area contributed by atoms with Gasteiger partial charge in [-0.05, 0) is 105 Å². The van der Waals surface area contributed by atoms with Crippen molar-refractivity contribution in [3.05, 3.63) is 12.2 Å². The molecule has 35 atom stereocenters. The molecular formula is C65H104O30. The van der Waals surface area contributed by atoms with Crippen molar-refractivity contribution in [3.8, 4) is 0 Å². The Bertz CT molecular complexity index is 2740. The van der Waals surface area contributed by atoms with E-state index in [-0.39, 0.29) is 29.6 Å². The number of hydrogen-bond donors (Lipinski definition) is 16. The van der Waals surface area contributed by atoms with Crippen LogP contribution in [0.3, 0.4) is 0 Å². The second-order valence-corrected chi connectivity index (χ2v) is 31.4. The van der Waals surface area contributed by atoms with Crippen molar-refractivity contribution in [1.29, 1.82) is 0 Å². The summed E-state index contributed by atoms with van der Waals surface area (Å²) in [6, 6.07) is 0. The molecule has 544 valence electrons. The van der Waals surface area contributed by atoms with E-state index in [0.717, 1.165) is 6.42 Å². The van der Waals surface area contributed by atoms with E-state index in [1.54, 1.807) is 6.08 Å². The van der Waals surface area contributed by atoms with Crippen molar-refractivity contribution in [2.75, 3.05) is 26.4 Å². The second kappa shape index (κ2) is 26.8. The lowest BCUT2D eigenvalue weighted by atomic mass is 9.30. The minimum Gasteiger partial charge on any atom is -0.479 e. The van der Waals surface area contributed by atoms with E-state index in [4.69, 9.17) is 56.8 Å². The molecule has 35 unspecified atom stereocenters. The number of carbonyl (C=O) groups is 2. The predicted octanol–water partition coefficient (Wildman–Crippen LogP) is -2.57. The number of carboxylic acids is 1. The van der Waals surface area contributed by atoms with E-state index < -0.39 is 236 Å². The Kier molecular flexibility index (Phi) is 20.8. The van der Waals surface area contributed by atoms with Crippen LogP contribution in [0.4, 0.5) is 0 Å². The minimum absolute atomic E-state index is 0.00865. The Balaban J connectivity index is 0.904. The zero-order valence-electron chi connectivity index (χ0n) is 55.4. The van der Waals surface area contributed by atoms with Crippen molar-refractivity contribution in [3.63, 3.8) is 0 Å². The van der Waals surface area contributed by atoms with Gasteiger partial charge >= 0.3 is 11.9 Å². The number of aliphatic carboxylic acids is 1. The number of allylic oxidation sites excluding steroid dienone is 1. The molecule has 30 nitrogen and oxygen atoms in total. The molecule has 6 saturated heterocycles. The van der Waals surface area contributed by atoms with Crippen molar-refractivity contribution in [2.45, 2.75) is 304 Å². The smallest absolute Gasteiger partial charge is 0.335 e. The largest absolute Gasteiger partial charge is 0.479 e. The van der Waals surface area contributed by atoms with Gasteiger partial charge in [-0.1, -0.05) is 67.9 Å². The summed E-state index contributed by atoms with van der Waals surface area (Å²) in [6.07, 6.45) is -38.0. The molecule has 0 aromatic carbocycles. The fourth-order valence-corrected chi connectivity index (χ4v) is 20.1. The minimum atomic E-state index is -2.34. The third-order valence-corrected chi connectivity index (χ3v) is 25.4. The normalized spacial score (nSPS) is 54.0. The first-order chi connectivity index (χ1) is 44.5. The summed E-state index contributed by atoms with van der Waals surface area (Å²) in [4.78, 5) is 26.9. The number of aliphatic hydroxyl groups is 15. The fourth-order valence-electron chi connectivity index (χ4n) is 20.1. The van der Waals surface area contributed by atoms with Crippen LogP contribution in [0, 0.1) is 50.2 Å². The van der Waals surface area contributed by atoms with Gasteiger partial charge in [0.05, 0.1) is 55.8 Å². The molecule has 0 aromatic rings. The van der Waals surface area contributed by atoms with Crippen LogP contribution in [-0.4, -0.2) is 291 Å². The maximum Gasteiger partial charge on any atom is 0.335 e. The Morgan fingerprint density at radius 1 is 0.579 bits per heavy atom. The summed E-state index contributed by atoms with van der Waals surface area (Å²) in [5.41, 5.74) is -7.34. The Morgan fingerprint density at radius 2 is 1.17 bits per heavy atom. The van der Waals surface area contributed by atoms with E-state index in [0.29, 0.717) is 57.8 Å². The number of esters is 1. The molecule has 11 rings (SSSR count). The molecule has 0 aromatic heterocycles. The predicted molar refractivity (Wildman–Crippen MR) is 318 cm³/mol. The highest BCUT2D eigenvalue weighted by Crippen LogP contribution is 2.81. The number of hydrogen-bond acceptors (Lipinski definition) is 29. The van der Waals surface area contributed by atoms with Crippen molar-refractivity contribution < 1.29 is 148 Å². The van der Waals surface area contributed by atoms with Crippen LogP contribution < -0.4 is 0 Å². The summed E-state index contributed by atoms with van der Waals surface area (Å²) in [5.74, 6) is -2.83. The second-order valence-electron chi connectivity index (χ2n) is 31.4. The lowest BCUT2D eigenvalue weighted by Crippen LogP contribution is -2.75. The van der Waals surface area contributed by atoms with Crippen molar-refractivity contribution >= 4 is 11.9 Å². The fraction of sp³-hybridized carbons (Fsp3) is 0.938. The molecule has 5 aliphatic carbocycles. The molecule has 30 heteroatoms. The first kappa shape index (κ1) is 73.8. The number of carbonyl (C=O) groups excluding carboxylic acids is 1. The third kappa shape index (κ3) is 11.8. The van der Waals surface area contributed by atoms with Gasteiger partial charge in [-0.25, -0.2) is 9.59 Å². The van der Waals surface area contributed by atoms with Gasteiger partial charge in [0, 0.05) is 17.4 Å². The summed E-state index contributed by atoms with van der Waals surface area (Å²) in [6.45, 7) is 14.8. The molecule has 95 heavy (non-hydrogen) atoms. The van der Waals surface area contributed by atoms with Gasteiger partial charge in [0.2, 0.25) is 0 Å². The lowest BCUT2D eigenvalue weighted by molar-refractivity contribution is -0.409. The molecule has 2 bridgehead atoms. The maximum atomic E-state index is 13.5.